The molecule has 74 valence electrons. The first kappa shape index (κ1) is 12.9. The predicted octanol–water partition coefficient (Wildman–Crippen LogP) is 4.18. The maximum atomic E-state index is 4.93. The van der Waals surface area contributed by atoms with Crippen molar-refractivity contribution in [2.24, 2.45) is 0 Å². The molecule has 0 aromatic carbocycles. The number of hydrogen-bond acceptors (Lipinski definition) is 0. The van der Waals surface area contributed by atoms with Crippen LogP contribution in [0.1, 0.15) is 6.92 Å². The van der Waals surface area contributed by atoms with E-state index in [-0.39, 0.29) is 0 Å². The second-order valence-corrected chi connectivity index (χ2v) is 8.01. The number of hydrogen-bond donors (Lipinski definition) is 0. The summed E-state index contributed by atoms with van der Waals surface area (Å²) in [5, 5.41) is 1.39. The molecule has 0 heterocycles. The quantitative estimate of drug-likeness (QED) is 0.528. The molecule has 0 radical (unpaired) electrons. The molecule has 0 aromatic rings. The van der Waals surface area contributed by atoms with Crippen molar-refractivity contribution in [2.75, 3.05) is 6.16 Å². The Kier molecular flexibility index (Phi) is 6.63. The second kappa shape index (κ2) is 7.18. The van der Waals surface area contributed by atoms with Gasteiger partial charge in [-0.3, -0.25) is 0 Å². The van der Waals surface area contributed by atoms with Crippen molar-refractivity contribution in [2.45, 2.75) is 6.92 Å². The molecule has 0 aliphatic heterocycles. The van der Waals surface area contributed by atoms with Gasteiger partial charge in [0.15, 0.2) is 0 Å². The Morgan fingerprint density at radius 1 is 1.50 bits per heavy atom. The average molecular weight is 323 g/mol. The monoisotopic (exact) mass is 321 g/mol. The minimum absolute atomic E-state index is 0.826. The average Bonchev–Trinajstić information content (AvgIpc) is 2.65. The maximum absolute atomic E-state index is 4.93. The van der Waals surface area contributed by atoms with E-state index < -0.39 is 20.8 Å². The molecule has 0 saturated heterocycles. The van der Waals surface area contributed by atoms with Crippen molar-refractivity contribution in [1.82, 2.24) is 0 Å². The summed E-state index contributed by atoms with van der Waals surface area (Å²) in [6.07, 6.45) is 13.2. The minimum atomic E-state index is -0.826. The molecule has 1 atom stereocenters. The third kappa shape index (κ3) is 3.78. The van der Waals surface area contributed by atoms with E-state index in [0.717, 1.165) is 8.58 Å². The van der Waals surface area contributed by atoms with Gasteiger partial charge in [-0.2, -0.15) is 11.6 Å². The van der Waals surface area contributed by atoms with Gasteiger partial charge in [0.1, 0.15) is 0 Å². The van der Waals surface area contributed by atoms with Gasteiger partial charge in [0.05, 0.1) is 0 Å². The Morgan fingerprint density at radius 2 is 2.21 bits per heavy atom. The number of halogens is 2. The van der Waals surface area contributed by atoms with Crippen LogP contribution >= 0.6 is 25.6 Å². The number of allylic oxidation sites excluding steroid dienone is 8. The van der Waals surface area contributed by atoms with E-state index in [2.05, 4.69) is 37.3 Å². The molecule has 0 bridgehead atoms. The molecule has 2 aliphatic rings. The van der Waals surface area contributed by atoms with Crippen LogP contribution in [0.2, 0.25) is 0 Å². The summed E-state index contributed by atoms with van der Waals surface area (Å²) in [5.74, 6) is 0. The first-order valence-corrected chi connectivity index (χ1v) is 11.8. The van der Waals surface area contributed by atoms with E-state index in [4.69, 9.17) is 17.0 Å². The number of rotatable bonds is 2. The molecule has 0 spiro atoms. The van der Waals surface area contributed by atoms with Crippen LogP contribution < -0.4 is 0 Å². The molecular formula is C10H10Cl2PZr-. The van der Waals surface area contributed by atoms with Crippen molar-refractivity contribution in [3.63, 3.8) is 0 Å². The summed E-state index contributed by atoms with van der Waals surface area (Å²) in [6, 6.07) is 0. The van der Waals surface area contributed by atoms with Crippen molar-refractivity contribution in [1.29, 1.82) is 0 Å². The Labute approximate surface area is 106 Å². The Bertz CT molecular complexity index is 316. The van der Waals surface area contributed by atoms with Gasteiger partial charge in [0.25, 0.3) is 0 Å². The third-order valence-electron chi connectivity index (χ3n) is 1.79. The Morgan fingerprint density at radius 3 is 2.79 bits per heavy atom. The molecule has 2 rings (SSSR count). The fourth-order valence-electron chi connectivity index (χ4n) is 1.30. The summed E-state index contributed by atoms with van der Waals surface area (Å²) in [5.41, 5.74) is 2.63. The molecule has 1 unspecified atom stereocenters. The molecule has 0 amide bonds. The first-order valence-electron chi connectivity index (χ1n) is 4.26. The Balaban J connectivity index is 0.000000293. The predicted molar refractivity (Wildman–Crippen MR) is 62.6 cm³/mol. The van der Waals surface area contributed by atoms with E-state index in [1.54, 1.807) is 0 Å². The second-order valence-electron chi connectivity index (χ2n) is 2.68. The molecular weight excluding hydrogens is 313 g/mol. The standard InChI is InChI=1S/C10H10P.2ClH.Zr/c1-2-11-10-6-8-4-3-5-9(8)7-10;;;/h3-6,11H,2H2,1H3;2*1H;/q-1;;;+2/p-2. The molecule has 0 nitrogen and oxygen atoms in total. The molecule has 14 heavy (non-hydrogen) atoms. The summed E-state index contributed by atoms with van der Waals surface area (Å²) >= 11 is -0.826. The van der Waals surface area contributed by atoms with Crippen molar-refractivity contribution < 1.29 is 20.8 Å². The van der Waals surface area contributed by atoms with Gasteiger partial charge < -0.3 is 0 Å². The SMILES string of the molecule is CCPC1=[C-]C2=CC=CC2=C1.[Cl][Zr][Cl]. The van der Waals surface area contributed by atoms with Gasteiger partial charge in [-0.25, -0.2) is 0 Å². The van der Waals surface area contributed by atoms with Crippen LogP contribution in [0.3, 0.4) is 0 Å². The van der Waals surface area contributed by atoms with Crippen LogP contribution in [0.15, 0.2) is 40.8 Å². The van der Waals surface area contributed by atoms with E-state index in [1.807, 2.05) is 0 Å². The van der Waals surface area contributed by atoms with Gasteiger partial charge in [0, 0.05) is 0 Å². The molecule has 4 heteroatoms. The van der Waals surface area contributed by atoms with Gasteiger partial charge in [-0.15, -0.1) is 43.8 Å². The summed E-state index contributed by atoms with van der Waals surface area (Å²) in [4.78, 5) is 0. The molecule has 0 fully saturated rings. The van der Waals surface area contributed by atoms with E-state index >= 15 is 0 Å². The third-order valence-corrected chi connectivity index (χ3v) is 2.79. The fraction of sp³-hybridized carbons (Fsp3) is 0.200. The molecule has 0 aromatic heterocycles. The Hall–Kier alpha value is 0.853. The van der Waals surface area contributed by atoms with Crippen LogP contribution in [0.4, 0.5) is 0 Å². The normalized spacial score (nSPS) is 17.2. The molecule has 0 saturated carbocycles. The van der Waals surface area contributed by atoms with Crippen LogP contribution in [-0.4, -0.2) is 6.16 Å². The summed E-state index contributed by atoms with van der Waals surface area (Å²) < 4.78 is 0. The van der Waals surface area contributed by atoms with Crippen LogP contribution in [0, 0.1) is 6.08 Å². The van der Waals surface area contributed by atoms with Gasteiger partial charge in [-0.05, 0) is 6.16 Å². The summed E-state index contributed by atoms with van der Waals surface area (Å²) in [7, 11) is 10.8. The van der Waals surface area contributed by atoms with Crippen molar-refractivity contribution in [3.05, 3.63) is 46.8 Å². The zero-order valence-corrected chi connectivity index (χ0v) is 12.7. The summed E-state index contributed by atoms with van der Waals surface area (Å²) in [6.45, 7) is 2.21. The van der Waals surface area contributed by atoms with E-state index in [0.29, 0.717) is 0 Å². The topological polar surface area (TPSA) is 0 Å². The molecule has 0 N–H and O–H groups in total. The first-order chi connectivity index (χ1) is 6.81. The van der Waals surface area contributed by atoms with Crippen LogP contribution in [0.5, 0.6) is 0 Å². The van der Waals surface area contributed by atoms with Gasteiger partial charge >= 0.3 is 37.9 Å². The van der Waals surface area contributed by atoms with Crippen LogP contribution in [-0.2, 0) is 20.8 Å². The van der Waals surface area contributed by atoms with E-state index in [1.165, 1.54) is 22.6 Å². The van der Waals surface area contributed by atoms with Gasteiger partial charge in [0.2, 0.25) is 0 Å². The zero-order valence-electron chi connectivity index (χ0n) is 7.77. The fourth-order valence-corrected chi connectivity index (χ4v) is 2.16. The van der Waals surface area contributed by atoms with Crippen molar-refractivity contribution in [3.8, 4) is 0 Å². The zero-order chi connectivity index (χ0) is 10.4. The van der Waals surface area contributed by atoms with Gasteiger partial charge in [-0.1, -0.05) is 6.92 Å². The van der Waals surface area contributed by atoms with Crippen LogP contribution in [0.25, 0.3) is 0 Å². The molecule has 2 aliphatic carbocycles. The number of fused-ring (bicyclic) bond motifs is 1. The van der Waals surface area contributed by atoms with E-state index in [9.17, 15) is 0 Å². The van der Waals surface area contributed by atoms with Crippen molar-refractivity contribution >= 4 is 25.6 Å².